The van der Waals surface area contributed by atoms with E-state index in [1.807, 2.05) is 6.08 Å². The number of esters is 1. The van der Waals surface area contributed by atoms with Gasteiger partial charge in [-0.15, -0.1) is 11.3 Å². The first kappa shape index (κ1) is 25.1. The highest BCUT2D eigenvalue weighted by molar-refractivity contribution is 8.01. The second-order valence-corrected chi connectivity index (χ2v) is 10.3. The molecule has 1 aliphatic rings. The molecule has 1 aromatic rings. The highest BCUT2D eigenvalue weighted by atomic mass is 32.2. The van der Waals surface area contributed by atoms with E-state index in [1.54, 1.807) is 24.1 Å². The van der Waals surface area contributed by atoms with Crippen molar-refractivity contribution < 1.29 is 19.4 Å². The number of ether oxygens (including phenoxy) is 1. The maximum absolute atomic E-state index is 12.4. The van der Waals surface area contributed by atoms with Crippen LogP contribution in [0.5, 0.6) is 0 Å². The van der Waals surface area contributed by atoms with Crippen molar-refractivity contribution in [1.82, 2.24) is 4.98 Å². The van der Waals surface area contributed by atoms with Crippen LogP contribution in [0.4, 0.5) is 0 Å². The van der Waals surface area contributed by atoms with Gasteiger partial charge in [0.1, 0.15) is 5.78 Å². The summed E-state index contributed by atoms with van der Waals surface area (Å²) >= 11 is 3.01. The first-order valence-corrected chi connectivity index (χ1v) is 13.0. The van der Waals surface area contributed by atoms with Crippen molar-refractivity contribution in [3.63, 3.8) is 0 Å². The zero-order valence-electron chi connectivity index (χ0n) is 18.3. The Labute approximate surface area is 188 Å². The summed E-state index contributed by atoms with van der Waals surface area (Å²) in [5.41, 5.74) is 0.351. The largest absolute Gasteiger partial charge is 0.461 e. The Balaban J connectivity index is 1.80. The molecule has 1 saturated carbocycles. The molecule has 0 unspecified atom stereocenters. The molecule has 0 spiro atoms. The molecule has 5 nitrogen and oxygen atoms in total. The molecular formula is C23H35NO4S2. The minimum absolute atomic E-state index is 0.0166. The number of nitrogens with zero attached hydrogens (tertiary/aromatic N) is 1. The van der Waals surface area contributed by atoms with Crippen LogP contribution in [0.3, 0.4) is 0 Å². The SMILES string of the molecule is CCCC[C@H](C)C[C@H](O)/C=C/[C@H]1CCC(=O)[C@@H]1CCSc1nc(C(=O)OCC)cs1. The van der Waals surface area contributed by atoms with Crippen LogP contribution < -0.4 is 0 Å². The molecule has 7 heteroatoms. The van der Waals surface area contributed by atoms with E-state index in [9.17, 15) is 14.7 Å². The molecule has 0 bridgehead atoms. The molecule has 2 rings (SSSR count). The summed E-state index contributed by atoms with van der Waals surface area (Å²) in [7, 11) is 0. The Kier molecular flexibility index (Phi) is 11.1. The fourth-order valence-corrected chi connectivity index (χ4v) is 5.76. The van der Waals surface area contributed by atoms with Crippen molar-refractivity contribution in [2.24, 2.45) is 17.8 Å². The predicted octanol–water partition coefficient (Wildman–Crippen LogP) is 5.53. The van der Waals surface area contributed by atoms with Gasteiger partial charge < -0.3 is 9.84 Å². The Bertz CT molecular complexity index is 703. The molecule has 1 aromatic heterocycles. The molecule has 1 heterocycles. The van der Waals surface area contributed by atoms with Crippen LogP contribution >= 0.6 is 23.1 Å². The number of hydrogen-bond donors (Lipinski definition) is 1. The van der Waals surface area contributed by atoms with Gasteiger partial charge in [0.05, 0.1) is 12.7 Å². The number of aliphatic hydroxyl groups excluding tert-OH is 1. The van der Waals surface area contributed by atoms with Gasteiger partial charge in [0.2, 0.25) is 0 Å². The smallest absolute Gasteiger partial charge is 0.357 e. The van der Waals surface area contributed by atoms with Crippen LogP contribution in [0.25, 0.3) is 0 Å². The predicted molar refractivity (Wildman–Crippen MR) is 123 cm³/mol. The van der Waals surface area contributed by atoms with E-state index in [2.05, 4.69) is 24.9 Å². The van der Waals surface area contributed by atoms with Gasteiger partial charge in [0.15, 0.2) is 10.0 Å². The first-order chi connectivity index (χ1) is 14.4. The van der Waals surface area contributed by atoms with Crippen molar-refractivity contribution in [2.45, 2.75) is 76.2 Å². The Hall–Kier alpha value is -1.18. The van der Waals surface area contributed by atoms with Crippen LogP contribution in [0.1, 0.15) is 76.2 Å². The molecule has 1 fully saturated rings. The van der Waals surface area contributed by atoms with Crippen molar-refractivity contribution >= 4 is 34.9 Å². The molecule has 0 aliphatic heterocycles. The third-order valence-electron chi connectivity index (χ3n) is 5.55. The number of thiazole rings is 1. The summed E-state index contributed by atoms with van der Waals surface area (Å²) in [6.45, 7) is 6.49. The fraction of sp³-hybridized carbons (Fsp3) is 0.696. The molecule has 0 aromatic carbocycles. The number of Topliss-reactive ketones (excluding diaryl/α,β-unsaturated/α-hetero) is 1. The molecular weight excluding hydrogens is 418 g/mol. The average Bonchev–Trinajstić information content (AvgIpc) is 3.32. The van der Waals surface area contributed by atoms with Gasteiger partial charge in [0.25, 0.3) is 0 Å². The highest BCUT2D eigenvalue weighted by Crippen LogP contribution is 2.35. The van der Waals surface area contributed by atoms with E-state index in [0.717, 1.165) is 35.8 Å². The van der Waals surface area contributed by atoms with Crippen LogP contribution in [0, 0.1) is 17.8 Å². The summed E-state index contributed by atoms with van der Waals surface area (Å²) in [5.74, 6) is 1.46. The van der Waals surface area contributed by atoms with Crippen molar-refractivity contribution in [1.29, 1.82) is 0 Å². The molecule has 4 atom stereocenters. The number of carbonyl (C=O) groups excluding carboxylic acids is 2. The highest BCUT2D eigenvalue weighted by Gasteiger charge is 2.32. The number of aromatic nitrogens is 1. The number of unbranched alkanes of at least 4 members (excludes halogenated alkanes) is 1. The lowest BCUT2D eigenvalue weighted by molar-refractivity contribution is -0.121. The van der Waals surface area contributed by atoms with E-state index in [4.69, 9.17) is 4.74 Å². The Morgan fingerprint density at radius 2 is 2.27 bits per heavy atom. The summed E-state index contributed by atoms with van der Waals surface area (Å²) in [5, 5.41) is 12.0. The number of aliphatic hydroxyl groups is 1. The second kappa shape index (κ2) is 13.3. The van der Waals surface area contributed by atoms with Crippen molar-refractivity contribution in [3.05, 3.63) is 23.2 Å². The van der Waals surface area contributed by atoms with Crippen LogP contribution in [0.15, 0.2) is 21.9 Å². The topological polar surface area (TPSA) is 76.5 Å². The Morgan fingerprint density at radius 3 is 3.00 bits per heavy atom. The molecule has 1 aliphatic carbocycles. The number of carbonyl (C=O) groups is 2. The van der Waals surface area contributed by atoms with Crippen LogP contribution in [-0.4, -0.2) is 40.3 Å². The van der Waals surface area contributed by atoms with E-state index < -0.39 is 6.10 Å². The molecule has 0 saturated heterocycles. The van der Waals surface area contributed by atoms with Gasteiger partial charge in [-0.3, -0.25) is 4.79 Å². The van der Waals surface area contributed by atoms with Gasteiger partial charge in [-0.05, 0) is 38.0 Å². The third kappa shape index (κ3) is 8.16. The normalized spacial score (nSPS) is 21.3. The molecule has 30 heavy (non-hydrogen) atoms. The lowest BCUT2D eigenvalue weighted by atomic mass is 9.91. The average molecular weight is 454 g/mol. The van der Waals surface area contributed by atoms with Gasteiger partial charge >= 0.3 is 5.97 Å². The molecule has 0 radical (unpaired) electrons. The Morgan fingerprint density at radius 1 is 1.47 bits per heavy atom. The summed E-state index contributed by atoms with van der Waals surface area (Å²) in [6, 6.07) is 0. The summed E-state index contributed by atoms with van der Waals surface area (Å²) in [6.07, 6.45) is 10.1. The number of rotatable bonds is 13. The lowest BCUT2D eigenvalue weighted by Gasteiger charge is -2.16. The number of hydrogen-bond acceptors (Lipinski definition) is 7. The van der Waals surface area contributed by atoms with Gasteiger partial charge in [-0.25, -0.2) is 9.78 Å². The second-order valence-electron chi connectivity index (χ2n) is 8.07. The standard InChI is InChI=1S/C23H35NO4S2/c1-4-6-7-16(3)14-18(25)10-8-17-9-11-21(26)19(17)12-13-29-23-24-20(15-30-23)22(27)28-5-2/h8,10,15-19,25H,4-7,9,11-14H2,1-3H3/b10-8+/t16-,17-,18+,19+/m0/s1. The summed E-state index contributed by atoms with van der Waals surface area (Å²) < 4.78 is 5.79. The van der Waals surface area contributed by atoms with E-state index in [1.165, 1.54) is 24.2 Å². The van der Waals surface area contributed by atoms with Gasteiger partial charge in [-0.1, -0.05) is 57.0 Å². The van der Waals surface area contributed by atoms with E-state index >= 15 is 0 Å². The first-order valence-electron chi connectivity index (χ1n) is 11.1. The lowest BCUT2D eigenvalue weighted by Crippen LogP contribution is -2.15. The molecule has 168 valence electrons. The number of ketones is 1. The van der Waals surface area contributed by atoms with Crippen LogP contribution in [-0.2, 0) is 9.53 Å². The fourth-order valence-electron chi connectivity index (χ4n) is 3.87. The van der Waals surface area contributed by atoms with E-state index in [-0.39, 0.29) is 17.8 Å². The molecule has 1 N–H and O–H groups in total. The zero-order chi connectivity index (χ0) is 21.9. The number of allylic oxidation sites excluding steroid dienone is 1. The monoisotopic (exact) mass is 453 g/mol. The minimum atomic E-state index is -0.431. The maximum atomic E-state index is 12.4. The van der Waals surface area contributed by atoms with Gasteiger partial charge in [-0.2, -0.15) is 0 Å². The van der Waals surface area contributed by atoms with Gasteiger partial charge in [0, 0.05) is 23.5 Å². The summed E-state index contributed by atoms with van der Waals surface area (Å²) in [4.78, 5) is 28.4. The van der Waals surface area contributed by atoms with E-state index in [0.29, 0.717) is 30.4 Å². The zero-order valence-corrected chi connectivity index (χ0v) is 20.0. The molecule has 0 amide bonds. The maximum Gasteiger partial charge on any atom is 0.357 e. The third-order valence-corrected chi connectivity index (χ3v) is 7.61. The minimum Gasteiger partial charge on any atom is -0.461 e. The van der Waals surface area contributed by atoms with Crippen LogP contribution in [0.2, 0.25) is 0 Å². The van der Waals surface area contributed by atoms with Crippen molar-refractivity contribution in [2.75, 3.05) is 12.4 Å². The number of thioether (sulfide) groups is 1. The van der Waals surface area contributed by atoms with Crippen molar-refractivity contribution in [3.8, 4) is 0 Å². The quantitative estimate of drug-likeness (QED) is 0.240.